The Morgan fingerprint density at radius 2 is 1.83 bits per heavy atom. The number of benzene rings is 1. The fourth-order valence-electron chi connectivity index (χ4n) is 2.56. The minimum atomic E-state index is -4.29. The highest BCUT2D eigenvalue weighted by atomic mass is 19.4. The van der Waals surface area contributed by atoms with Gasteiger partial charge in [-0.1, -0.05) is 36.3 Å². The molecule has 0 spiro atoms. The Hall–Kier alpha value is -1.82. The number of nitrogens with zero attached hydrogens (tertiary/aromatic N) is 1. The Labute approximate surface area is 134 Å². The summed E-state index contributed by atoms with van der Waals surface area (Å²) >= 11 is 0. The first kappa shape index (κ1) is 19.2. The molecule has 1 aliphatic rings. The van der Waals surface area contributed by atoms with Gasteiger partial charge in [-0.15, -0.1) is 0 Å². The summed E-state index contributed by atoms with van der Waals surface area (Å²) < 4.78 is 39.2. The molecule has 1 aromatic carbocycles. The van der Waals surface area contributed by atoms with E-state index < -0.39 is 11.7 Å². The fourth-order valence-corrected chi connectivity index (χ4v) is 2.56. The molecule has 0 unspecified atom stereocenters. The van der Waals surface area contributed by atoms with Gasteiger partial charge in [0, 0.05) is 13.1 Å². The van der Waals surface area contributed by atoms with Crippen molar-refractivity contribution in [1.82, 2.24) is 4.90 Å². The van der Waals surface area contributed by atoms with Crippen molar-refractivity contribution in [1.29, 1.82) is 0 Å². The van der Waals surface area contributed by atoms with Gasteiger partial charge >= 0.3 is 6.18 Å². The maximum Gasteiger partial charge on any atom is 0.416 e. The van der Waals surface area contributed by atoms with Gasteiger partial charge in [0.15, 0.2) is 0 Å². The summed E-state index contributed by atoms with van der Waals surface area (Å²) in [6.45, 7) is 6.43. The highest BCUT2D eigenvalue weighted by Crippen LogP contribution is 2.34. The van der Waals surface area contributed by atoms with Crippen LogP contribution in [0.1, 0.15) is 36.5 Å². The van der Waals surface area contributed by atoms with Crippen LogP contribution < -0.4 is 0 Å². The number of piperidine rings is 1. The van der Waals surface area contributed by atoms with Crippen molar-refractivity contribution in [3.63, 3.8) is 0 Å². The van der Waals surface area contributed by atoms with Gasteiger partial charge in [-0.2, -0.15) is 13.2 Å². The van der Waals surface area contributed by atoms with Crippen molar-refractivity contribution >= 4 is 12.5 Å². The van der Waals surface area contributed by atoms with E-state index in [9.17, 15) is 13.2 Å². The number of aryl methyl sites for hydroxylation is 1. The number of likely N-dealkylation sites (tertiary alicyclic amines) is 1. The molecular weight excluding hydrogens is 307 g/mol. The highest BCUT2D eigenvalue weighted by Gasteiger charge is 2.33. The smallest absolute Gasteiger partial charge is 0.416 e. The molecule has 1 saturated heterocycles. The van der Waals surface area contributed by atoms with Crippen LogP contribution in [0.25, 0.3) is 6.08 Å². The summed E-state index contributed by atoms with van der Waals surface area (Å²) in [5.41, 5.74) is 1.52. The Morgan fingerprint density at radius 1 is 1.26 bits per heavy atom. The largest absolute Gasteiger partial charge is 0.483 e. The summed E-state index contributed by atoms with van der Waals surface area (Å²) in [7, 11) is 0. The summed E-state index contributed by atoms with van der Waals surface area (Å²) in [6.07, 6.45) is -0.837. The molecule has 0 aliphatic carbocycles. The second-order valence-corrected chi connectivity index (χ2v) is 5.43. The summed E-state index contributed by atoms with van der Waals surface area (Å²) in [5.74, 6) is 0. The van der Waals surface area contributed by atoms with Crippen LogP contribution >= 0.6 is 0 Å². The standard InChI is InChI=1S/C16H20F3N.CH2O2/c1-3-20-8-6-13(7-9-20)11-14-5-4-12(2)10-15(14)16(17,18)19;2-1-3/h4-5,10-11H,3,6-9H2,1-2H3;1H,(H,2,3). The van der Waals surface area contributed by atoms with E-state index in [4.69, 9.17) is 9.90 Å². The van der Waals surface area contributed by atoms with E-state index in [-0.39, 0.29) is 6.47 Å². The molecule has 1 aromatic rings. The molecule has 1 aliphatic heterocycles. The van der Waals surface area contributed by atoms with Gasteiger partial charge in [-0.25, -0.2) is 0 Å². The third-order valence-corrected chi connectivity index (χ3v) is 3.82. The zero-order valence-electron chi connectivity index (χ0n) is 13.4. The minimum absolute atomic E-state index is 0.250. The number of carboxylic acid groups (broad SMARTS) is 1. The first-order chi connectivity index (χ1) is 10.8. The van der Waals surface area contributed by atoms with Crippen molar-refractivity contribution in [2.24, 2.45) is 0 Å². The van der Waals surface area contributed by atoms with Crippen molar-refractivity contribution in [3.05, 3.63) is 40.5 Å². The van der Waals surface area contributed by atoms with Gasteiger partial charge in [0.2, 0.25) is 0 Å². The molecule has 0 atom stereocenters. The lowest BCUT2D eigenvalue weighted by Gasteiger charge is -2.27. The van der Waals surface area contributed by atoms with Crippen LogP contribution in [-0.4, -0.2) is 36.1 Å². The van der Waals surface area contributed by atoms with Gasteiger partial charge < -0.3 is 10.0 Å². The molecule has 0 bridgehead atoms. The van der Waals surface area contributed by atoms with E-state index in [0.717, 1.165) is 38.0 Å². The molecule has 0 saturated carbocycles. The van der Waals surface area contributed by atoms with E-state index in [2.05, 4.69) is 11.8 Å². The monoisotopic (exact) mass is 329 g/mol. The van der Waals surface area contributed by atoms with Crippen LogP contribution in [0.5, 0.6) is 0 Å². The van der Waals surface area contributed by atoms with E-state index in [1.54, 1.807) is 25.1 Å². The molecule has 128 valence electrons. The minimum Gasteiger partial charge on any atom is -0.483 e. The normalized spacial score (nSPS) is 15.6. The van der Waals surface area contributed by atoms with Crippen LogP contribution in [0.4, 0.5) is 13.2 Å². The summed E-state index contributed by atoms with van der Waals surface area (Å²) in [4.78, 5) is 10.7. The molecule has 3 nitrogen and oxygen atoms in total. The van der Waals surface area contributed by atoms with Gasteiger partial charge in [0.1, 0.15) is 0 Å². The number of carbonyl (C=O) groups is 1. The Balaban J connectivity index is 0.000000816. The topological polar surface area (TPSA) is 40.5 Å². The third-order valence-electron chi connectivity index (χ3n) is 3.82. The first-order valence-corrected chi connectivity index (χ1v) is 7.49. The predicted molar refractivity (Wildman–Crippen MR) is 84.2 cm³/mol. The van der Waals surface area contributed by atoms with Crippen molar-refractivity contribution in [3.8, 4) is 0 Å². The predicted octanol–water partition coefficient (Wildman–Crippen LogP) is 4.21. The average Bonchev–Trinajstić information content (AvgIpc) is 2.49. The van der Waals surface area contributed by atoms with Gasteiger partial charge in [-0.05, 0) is 37.9 Å². The number of halogens is 3. The maximum absolute atomic E-state index is 13.1. The van der Waals surface area contributed by atoms with Crippen LogP contribution in [0.3, 0.4) is 0 Å². The van der Waals surface area contributed by atoms with Crippen LogP contribution in [0.2, 0.25) is 0 Å². The van der Waals surface area contributed by atoms with Crippen LogP contribution in [-0.2, 0) is 11.0 Å². The lowest BCUT2D eigenvalue weighted by Crippen LogP contribution is -2.30. The van der Waals surface area contributed by atoms with E-state index in [1.165, 1.54) is 6.07 Å². The van der Waals surface area contributed by atoms with Gasteiger partial charge in [0.05, 0.1) is 5.56 Å². The second-order valence-electron chi connectivity index (χ2n) is 5.43. The fraction of sp³-hybridized carbons (Fsp3) is 0.471. The van der Waals surface area contributed by atoms with Crippen molar-refractivity contribution < 1.29 is 23.1 Å². The molecule has 1 N–H and O–H groups in total. The third kappa shape index (κ3) is 6.06. The van der Waals surface area contributed by atoms with E-state index in [1.807, 2.05) is 0 Å². The van der Waals surface area contributed by atoms with Gasteiger partial charge in [0.25, 0.3) is 6.47 Å². The van der Waals surface area contributed by atoms with Crippen molar-refractivity contribution in [2.75, 3.05) is 19.6 Å². The number of rotatable bonds is 2. The van der Waals surface area contributed by atoms with E-state index >= 15 is 0 Å². The number of alkyl halides is 3. The molecule has 23 heavy (non-hydrogen) atoms. The maximum atomic E-state index is 13.1. The Kier molecular flexibility index (Phi) is 7.29. The molecule has 0 amide bonds. The first-order valence-electron chi connectivity index (χ1n) is 7.49. The molecule has 2 rings (SSSR count). The molecule has 0 aromatic heterocycles. The van der Waals surface area contributed by atoms with E-state index in [0.29, 0.717) is 11.1 Å². The van der Waals surface area contributed by atoms with Gasteiger partial charge in [-0.3, -0.25) is 4.79 Å². The number of hydrogen-bond donors (Lipinski definition) is 1. The Morgan fingerprint density at radius 3 is 2.30 bits per heavy atom. The lowest BCUT2D eigenvalue weighted by molar-refractivity contribution is -0.137. The molecule has 6 heteroatoms. The second kappa shape index (κ2) is 8.72. The highest BCUT2D eigenvalue weighted by molar-refractivity contribution is 5.58. The summed E-state index contributed by atoms with van der Waals surface area (Å²) in [5, 5.41) is 6.89. The zero-order chi connectivity index (χ0) is 17.5. The van der Waals surface area contributed by atoms with Crippen LogP contribution in [0, 0.1) is 6.92 Å². The summed E-state index contributed by atoms with van der Waals surface area (Å²) in [6, 6.07) is 4.55. The SMILES string of the molecule is CCN1CCC(=Cc2ccc(C)cc2C(F)(F)F)CC1.O=CO. The zero-order valence-corrected chi connectivity index (χ0v) is 13.4. The average molecular weight is 329 g/mol. The number of hydrogen-bond acceptors (Lipinski definition) is 2. The molecular formula is C17H22F3NO2. The molecule has 1 fully saturated rings. The van der Waals surface area contributed by atoms with Crippen molar-refractivity contribution in [2.45, 2.75) is 32.9 Å². The van der Waals surface area contributed by atoms with Crippen LogP contribution in [0.15, 0.2) is 23.8 Å². The molecule has 0 radical (unpaired) electrons. The Bertz CT molecular complexity index is 543. The molecule has 1 heterocycles. The quantitative estimate of drug-likeness (QED) is 0.826. The lowest BCUT2D eigenvalue weighted by atomic mass is 9.97.